The Morgan fingerprint density at radius 3 is 2.69 bits per heavy atom. The van der Waals surface area contributed by atoms with Crippen molar-refractivity contribution in [3.63, 3.8) is 0 Å². The highest BCUT2D eigenvalue weighted by Crippen LogP contribution is 2.19. The zero-order valence-corrected chi connectivity index (χ0v) is 7.86. The van der Waals surface area contributed by atoms with E-state index in [1.165, 1.54) is 0 Å². The van der Waals surface area contributed by atoms with Gasteiger partial charge in [0.15, 0.2) is 0 Å². The zero-order chi connectivity index (χ0) is 9.42. The molecule has 0 aromatic rings. The molecule has 13 heavy (non-hydrogen) atoms. The summed E-state index contributed by atoms with van der Waals surface area (Å²) in [6.07, 6.45) is 0.785. The lowest BCUT2D eigenvalue weighted by Crippen LogP contribution is -2.58. The number of hydrogen-bond acceptors (Lipinski definition) is 3. The number of carbonyl (C=O) groups is 1. The van der Waals surface area contributed by atoms with Gasteiger partial charge in [0.25, 0.3) is 0 Å². The third-order valence-corrected chi connectivity index (χ3v) is 2.97. The minimum atomic E-state index is -0.291. The second-order valence-electron chi connectivity index (χ2n) is 4.09. The predicted octanol–water partition coefficient (Wildman–Crippen LogP) is -0.813. The molecule has 0 aromatic carbocycles. The molecule has 0 bridgehead atoms. The number of likely N-dealkylation sites (tertiary alicyclic amines) is 1. The van der Waals surface area contributed by atoms with Gasteiger partial charge in [0.1, 0.15) is 0 Å². The molecule has 4 heteroatoms. The van der Waals surface area contributed by atoms with Crippen molar-refractivity contribution in [2.45, 2.75) is 25.5 Å². The van der Waals surface area contributed by atoms with E-state index in [1.807, 2.05) is 0 Å². The molecule has 2 heterocycles. The van der Waals surface area contributed by atoms with Gasteiger partial charge in [0.2, 0.25) is 5.91 Å². The van der Waals surface area contributed by atoms with Crippen molar-refractivity contribution in [3.05, 3.63) is 0 Å². The third kappa shape index (κ3) is 1.56. The van der Waals surface area contributed by atoms with E-state index >= 15 is 0 Å². The van der Waals surface area contributed by atoms with Crippen molar-refractivity contribution in [1.82, 2.24) is 10.2 Å². The molecule has 2 aliphatic rings. The van der Waals surface area contributed by atoms with Gasteiger partial charge in [0.05, 0.1) is 12.1 Å². The van der Waals surface area contributed by atoms with Crippen LogP contribution in [0.3, 0.4) is 0 Å². The first kappa shape index (κ1) is 8.97. The topological polar surface area (TPSA) is 52.6 Å². The minimum Gasteiger partial charge on any atom is -0.389 e. The van der Waals surface area contributed by atoms with E-state index in [0.717, 1.165) is 13.0 Å². The highest BCUT2D eigenvalue weighted by Gasteiger charge is 2.37. The lowest BCUT2D eigenvalue weighted by Gasteiger charge is -2.38. The van der Waals surface area contributed by atoms with Crippen LogP contribution in [0.5, 0.6) is 0 Å². The first-order chi connectivity index (χ1) is 6.18. The monoisotopic (exact) mass is 184 g/mol. The Bertz CT molecular complexity index is 214. The minimum absolute atomic E-state index is 0.00694. The molecule has 74 valence electrons. The Morgan fingerprint density at radius 1 is 1.54 bits per heavy atom. The standard InChI is InChI=1S/C9H16N2O2/c1-6-2-3-10-8(6)9(13)11-4-7(12)5-11/h6-8,10,12H,2-5H2,1H3. The largest absolute Gasteiger partial charge is 0.389 e. The molecular weight excluding hydrogens is 168 g/mol. The number of aliphatic hydroxyl groups excluding tert-OH is 1. The number of amides is 1. The second-order valence-corrected chi connectivity index (χ2v) is 4.09. The lowest BCUT2D eigenvalue weighted by molar-refractivity contribution is -0.144. The first-order valence-corrected chi connectivity index (χ1v) is 4.88. The maximum atomic E-state index is 11.7. The van der Waals surface area contributed by atoms with Crippen molar-refractivity contribution < 1.29 is 9.90 Å². The SMILES string of the molecule is CC1CCNC1C(=O)N1CC(O)C1. The van der Waals surface area contributed by atoms with Gasteiger partial charge < -0.3 is 15.3 Å². The number of β-amino-alcohol motifs (C(OH)–C–C–N with tert-alkyl or cyclic N) is 1. The van der Waals surface area contributed by atoms with Crippen LogP contribution in [0.25, 0.3) is 0 Å². The number of aliphatic hydroxyl groups is 1. The van der Waals surface area contributed by atoms with Crippen LogP contribution < -0.4 is 5.32 Å². The van der Waals surface area contributed by atoms with Gasteiger partial charge in [-0.15, -0.1) is 0 Å². The molecule has 2 saturated heterocycles. The molecule has 0 saturated carbocycles. The lowest BCUT2D eigenvalue weighted by atomic mass is 10.0. The zero-order valence-electron chi connectivity index (χ0n) is 7.86. The molecule has 2 N–H and O–H groups in total. The molecule has 0 radical (unpaired) electrons. The van der Waals surface area contributed by atoms with E-state index in [9.17, 15) is 4.79 Å². The molecule has 1 amide bonds. The van der Waals surface area contributed by atoms with Crippen molar-refractivity contribution in [2.75, 3.05) is 19.6 Å². The van der Waals surface area contributed by atoms with Gasteiger partial charge in [-0.2, -0.15) is 0 Å². The number of rotatable bonds is 1. The summed E-state index contributed by atoms with van der Waals surface area (Å²) >= 11 is 0. The maximum absolute atomic E-state index is 11.7. The second kappa shape index (κ2) is 3.27. The first-order valence-electron chi connectivity index (χ1n) is 4.88. The molecule has 2 atom stereocenters. The predicted molar refractivity (Wildman–Crippen MR) is 48.2 cm³/mol. The Labute approximate surface area is 77.9 Å². The molecule has 0 aromatic heterocycles. The number of nitrogens with zero attached hydrogens (tertiary/aromatic N) is 1. The average molecular weight is 184 g/mol. The molecule has 2 fully saturated rings. The van der Waals surface area contributed by atoms with Crippen LogP contribution in [0.15, 0.2) is 0 Å². The van der Waals surface area contributed by atoms with Crippen LogP contribution in [-0.2, 0) is 4.79 Å². The van der Waals surface area contributed by atoms with Gasteiger partial charge in [-0.05, 0) is 18.9 Å². The van der Waals surface area contributed by atoms with Crippen LogP contribution in [0.2, 0.25) is 0 Å². The van der Waals surface area contributed by atoms with Gasteiger partial charge >= 0.3 is 0 Å². The van der Waals surface area contributed by atoms with Crippen LogP contribution in [0.4, 0.5) is 0 Å². The molecule has 4 nitrogen and oxygen atoms in total. The summed E-state index contributed by atoms with van der Waals surface area (Å²) in [5.41, 5.74) is 0. The van der Waals surface area contributed by atoms with Crippen LogP contribution in [0, 0.1) is 5.92 Å². The fourth-order valence-corrected chi connectivity index (χ4v) is 2.00. The summed E-state index contributed by atoms with van der Waals surface area (Å²) in [6.45, 7) is 4.07. The third-order valence-electron chi connectivity index (χ3n) is 2.97. The Hall–Kier alpha value is -0.610. The molecule has 2 unspecified atom stereocenters. The maximum Gasteiger partial charge on any atom is 0.240 e. The van der Waals surface area contributed by atoms with Crippen molar-refractivity contribution in [2.24, 2.45) is 5.92 Å². The van der Waals surface area contributed by atoms with Gasteiger partial charge in [-0.1, -0.05) is 6.92 Å². The average Bonchev–Trinajstić information content (AvgIpc) is 2.44. The van der Waals surface area contributed by atoms with Crippen LogP contribution >= 0.6 is 0 Å². The Kier molecular flexibility index (Phi) is 2.26. The number of nitrogens with one attached hydrogen (secondary N) is 1. The Morgan fingerprint density at radius 2 is 2.23 bits per heavy atom. The molecule has 2 aliphatic heterocycles. The fraction of sp³-hybridized carbons (Fsp3) is 0.889. The highest BCUT2D eigenvalue weighted by molar-refractivity contribution is 5.83. The van der Waals surface area contributed by atoms with Gasteiger partial charge in [0, 0.05) is 13.1 Å². The number of hydrogen-bond donors (Lipinski definition) is 2. The van der Waals surface area contributed by atoms with E-state index in [1.54, 1.807) is 4.90 Å². The fourth-order valence-electron chi connectivity index (χ4n) is 2.00. The van der Waals surface area contributed by atoms with Gasteiger partial charge in [-0.3, -0.25) is 4.79 Å². The molecule has 0 spiro atoms. The summed E-state index contributed by atoms with van der Waals surface area (Å²) in [7, 11) is 0. The quantitative estimate of drug-likeness (QED) is 0.560. The van der Waals surface area contributed by atoms with Crippen LogP contribution in [-0.4, -0.2) is 47.7 Å². The summed E-state index contributed by atoms with van der Waals surface area (Å²) in [5.74, 6) is 0.598. The summed E-state index contributed by atoms with van der Waals surface area (Å²) in [6, 6.07) is -0.00694. The van der Waals surface area contributed by atoms with Crippen LogP contribution in [0.1, 0.15) is 13.3 Å². The van der Waals surface area contributed by atoms with Crippen molar-refractivity contribution >= 4 is 5.91 Å². The summed E-state index contributed by atoms with van der Waals surface area (Å²) < 4.78 is 0. The van der Waals surface area contributed by atoms with Crippen molar-refractivity contribution in [3.8, 4) is 0 Å². The molecule has 0 aliphatic carbocycles. The van der Waals surface area contributed by atoms with Crippen molar-refractivity contribution in [1.29, 1.82) is 0 Å². The summed E-state index contributed by atoms with van der Waals surface area (Å²) in [4.78, 5) is 13.5. The normalized spacial score (nSPS) is 34.8. The summed E-state index contributed by atoms with van der Waals surface area (Å²) in [5, 5.41) is 12.3. The highest BCUT2D eigenvalue weighted by atomic mass is 16.3. The number of carbonyl (C=O) groups excluding carboxylic acids is 1. The molecule has 2 rings (SSSR count). The Balaban J connectivity index is 1.89. The van der Waals surface area contributed by atoms with E-state index < -0.39 is 0 Å². The van der Waals surface area contributed by atoms with Gasteiger partial charge in [-0.25, -0.2) is 0 Å². The smallest absolute Gasteiger partial charge is 0.240 e. The van der Waals surface area contributed by atoms with E-state index in [-0.39, 0.29) is 18.1 Å². The van der Waals surface area contributed by atoms with E-state index in [2.05, 4.69) is 12.2 Å². The van der Waals surface area contributed by atoms with E-state index in [0.29, 0.717) is 19.0 Å². The molecular formula is C9H16N2O2. The van der Waals surface area contributed by atoms with E-state index in [4.69, 9.17) is 5.11 Å².